The van der Waals surface area contributed by atoms with Crippen LogP contribution in [0, 0.1) is 23.7 Å². The van der Waals surface area contributed by atoms with Crippen LogP contribution in [-0.4, -0.2) is 77.4 Å². The number of ether oxygens (including phenoxy) is 3. The molecular weight excluding hydrogens is 624 g/mol. The second kappa shape index (κ2) is 18.3. The maximum Gasteiger partial charge on any atom is 0.416 e. The molecule has 10 nitrogen and oxygen atoms in total. The Morgan fingerprint density at radius 2 is 1.06 bits per heavy atom. The monoisotopic (exact) mass is 672 g/mol. The molecule has 2 aliphatic heterocycles. The maximum atomic E-state index is 13.2. The summed E-state index contributed by atoms with van der Waals surface area (Å²) in [5, 5.41) is 9.39. The van der Waals surface area contributed by atoms with Crippen LogP contribution < -0.4 is 0 Å². The highest BCUT2D eigenvalue weighted by atomic mass is 16.6. The molecule has 0 aliphatic carbocycles. The first kappa shape index (κ1) is 37.3. The molecular formula is C39H48N2O8. The van der Waals surface area contributed by atoms with Crippen molar-refractivity contribution in [2.75, 3.05) is 26.4 Å². The van der Waals surface area contributed by atoms with Crippen LogP contribution >= 0.6 is 0 Å². The zero-order valence-electron chi connectivity index (χ0n) is 28.8. The van der Waals surface area contributed by atoms with E-state index in [2.05, 4.69) is 0 Å². The standard InChI is InChI=1S/C23H27NO4.C16H21NO4/c1-17(2)21(16-27-14-19-11-7-4-8-12-19)22(25)24-20(15-28-23(24)26)13-18-9-5-3-6-10-18;1-11(2)14(9-18)15(19)17-13(10-21-16(17)20)8-12-6-4-3-5-7-12/h3-12,17,20-21H,13-16H2,1-2H3;3-7,11,13-14,18H,8-10H2,1-2H3/t20-,21-;13-,14-/m11/s1. The van der Waals surface area contributed by atoms with Gasteiger partial charge < -0.3 is 19.3 Å². The van der Waals surface area contributed by atoms with Gasteiger partial charge in [-0.25, -0.2) is 19.4 Å². The van der Waals surface area contributed by atoms with Gasteiger partial charge >= 0.3 is 12.2 Å². The number of aliphatic hydroxyl groups is 1. The van der Waals surface area contributed by atoms with Gasteiger partial charge in [-0.1, -0.05) is 119 Å². The number of hydrogen-bond donors (Lipinski definition) is 1. The second-order valence-electron chi connectivity index (χ2n) is 13.1. The van der Waals surface area contributed by atoms with Gasteiger partial charge in [-0.15, -0.1) is 0 Å². The van der Waals surface area contributed by atoms with E-state index in [1.807, 2.05) is 119 Å². The molecule has 0 bridgehead atoms. The average Bonchev–Trinajstić information content (AvgIpc) is 3.65. The highest BCUT2D eigenvalue weighted by molar-refractivity contribution is 5.95. The second-order valence-corrected chi connectivity index (χ2v) is 13.1. The first-order chi connectivity index (χ1) is 23.6. The van der Waals surface area contributed by atoms with E-state index in [1.54, 1.807) is 0 Å². The van der Waals surface area contributed by atoms with Crippen molar-refractivity contribution in [1.82, 2.24) is 9.80 Å². The van der Waals surface area contributed by atoms with E-state index in [9.17, 15) is 24.3 Å². The van der Waals surface area contributed by atoms with Crippen molar-refractivity contribution < 1.29 is 38.5 Å². The number of benzene rings is 3. The van der Waals surface area contributed by atoms with E-state index < -0.39 is 24.0 Å². The summed E-state index contributed by atoms with van der Waals surface area (Å²) >= 11 is 0. The molecule has 0 spiro atoms. The molecule has 49 heavy (non-hydrogen) atoms. The van der Waals surface area contributed by atoms with Crippen molar-refractivity contribution in [3.63, 3.8) is 0 Å². The SMILES string of the molecule is CC(C)[C@@H](CO)C(=O)N1C(=O)OC[C@H]1Cc1ccccc1.CC(C)[C@@H](COCc1ccccc1)C(=O)N1C(=O)OC[C@H]1Cc1ccccc1. The summed E-state index contributed by atoms with van der Waals surface area (Å²) in [5.41, 5.74) is 3.17. The lowest BCUT2D eigenvalue weighted by molar-refractivity contribution is -0.138. The molecule has 2 aliphatic rings. The summed E-state index contributed by atoms with van der Waals surface area (Å²) in [6.45, 7) is 8.54. The zero-order valence-corrected chi connectivity index (χ0v) is 28.8. The molecule has 5 rings (SSSR count). The predicted molar refractivity (Wildman–Crippen MR) is 184 cm³/mol. The Balaban J connectivity index is 0.000000230. The van der Waals surface area contributed by atoms with Gasteiger partial charge in [-0.3, -0.25) is 9.59 Å². The molecule has 1 N–H and O–H groups in total. The van der Waals surface area contributed by atoms with E-state index in [1.165, 1.54) is 9.80 Å². The van der Waals surface area contributed by atoms with Crippen LogP contribution in [0.2, 0.25) is 0 Å². The smallest absolute Gasteiger partial charge is 0.416 e. The minimum atomic E-state index is -0.611. The van der Waals surface area contributed by atoms with Crippen LogP contribution in [0.4, 0.5) is 9.59 Å². The number of carbonyl (C=O) groups is 4. The van der Waals surface area contributed by atoms with Gasteiger partial charge in [0.25, 0.3) is 0 Å². The quantitative estimate of drug-likeness (QED) is 0.238. The predicted octanol–water partition coefficient (Wildman–Crippen LogP) is 5.91. The van der Waals surface area contributed by atoms with E-state index in [-0.39, 0.29) is 62.2 Å². The van der Waals surface area contributed by atoms with E-state index >= 15 is 0 Å². The fourth-order valence-electron chi connectivity index (χ4n) is 5.89. The van der Waals surface area contributed by atoms with E-state index in [0.29, 0.717) is 19.4 Å². The van der Waals surface area contributed by atoms with Crippen LogP contribution in [-0.2, 0) is 43.2 Å². The number of nitrogens with zero attached hydrogens (tertiary/aromatic N) is 2. The van der Waals surface area contributed by atoms with Crippen LogP contribution in [0.5, 0.6) is 0 Å². The number of amides is 4. The van der Waals surface area contributed by atoms with Crippen molar-refractivity contribution in [2.24, 2.45) is 23.7 Å². The first-order valence-corrected chi connectivity index (χ1v) is 16.9. The fraction of sp³-hybridized carbons (Fsp3) is 0.436. The zero-order chi connectivity index (χ0) is 35.3. The normalized spacial score (nSPS) is 18.5. The van der Waals surface area contributed by atoms with E-state index in [0.717, 1.165) is 16.7 Å². The summed E-state index contributed by atoms with van der Waals surface area (Å²) in [5.74, 6) is -1.52. The molecule has 3 aromatic carbocycles. The highest BCUT2D eigenvalue weighted by Gasteiger charge is 2.42. The third-order valence-corrected chi connectivity index (χ3v) is 8.87. The highest BCUT2D eigenvalue weighted by Crippen LogP contribution is 2.25. The van der Waals surface area contributed by atoms with Crippen LogP contribution in [0.25, 0.3) is 0 Å². The van der Waals surface area contributed by atoms with Gasteiger partial charge in [0.15, 0.2) is 0 Å². The Morgan fingerprint density at radius 1 is 0.673 bits per heavy atom. The lowest BCUT2D eigenvalue weighted by Crippen LogP contribution is -2.46. The van der Waals surface area contributed by atoms with Crippen LogP contribution in [0.15, 0.2) is 91.0 Å². The molecule has 0 aromatic heterocycles. The lowest BCUT2D eigenvalue weighted by atomic mass is 9.94. The Hall–Kier alpha value is -4.54. The van der Waals surface area contributed by atoms with E-state index in [4.69, 9.17) is 14.2 Å². The molecule has 0 saturated carbocycles. The summed E-state index contributed by atoms with van der Waals surface area (Å²) in [7, 11) is 0. The number of rotatable bonds is 13. The first-order valence-electron chi connectivity index (χ1n) is 16.9. The third kappa shape index (κ3) is 10.2. The molecule has 10 heteroatoms. The fourth-order valence-corrected chi connectivity index (χ4v) is 5.89. The molecule has 4 atom stereocenters. The molecule has 262 valence electrons. The van der Waals surface area contributed by atoms with Gasteiger partial charge in [-0.05, 0) is 41.4 Å². The van der Waals surface area contributed by atoms with Gasteiger partial charge in [0.1, 0.15) is 13.2 Å². The molecule has 3 aromatic rings. The van der Waals surface area contributed by atoms with Crippen LogP contribution in [0.1, 0.15) is 44.4 Å². The van der Waals surface area contributed by atoms with Gasteiger partial charge in [0, 0.05) is 0 Å². The van der Waals surface area contributed by atoms with Crippen molar-refractivity contribution in [3.8, 4) is 0 Å². The van der Waals surface area contributed by atoms with Crippen LogP contribution in [0.3, 0.4) is 0 Å². The lowest BCUT2D eigenvalue weighted by Gasteiger charge is -2.27. The minimum Gasteiger partial charge on any atom is -0.447 e. The minimum absolute atomic E-state index is 0.0340. The molecule has 4 amide bonds. The Labute approximate surface area is 289 Å². The number of carbonyl (C=O) groups excluding carboxylic acids is 4. The Kier molecular flexibility index (Phi) is 13.9. The summed E-state index contributed by atoms with van der Waals surface area (Å²) in [6.07, 6.45) is -0.0116. The Bertz CT molecular complexity index is 1500. The maximum absolute atomic E-state index is 13.2. The van der Waals surface area contributed by atoms with Crippen molar-refractivity contribution in [1.29, 1.82) is 0 Å². The molecule has 2 fully saturated rings. The summed E-state index contributed by atoms with van der Waals surface area (Å²) < 4.78 is 16.0. The Morgan fingerprint density at radius 3 is 1.45 bits per heavy atom. The summed E-state index contributed by atoms with van der Waals surface area (Å²) in [6, 6.07) is 28.8. The topological polar surface area (TPSA) is 123 Å². The third-order valence-electron chi connectivity index (χ3n) is 8.87. The average molecular weight is 673 g/mol. The molecule has 2 saturated heterocycles. The molecule has 2 heterocycles. The van der Waals surface area contributed by atoms with Gasteiger partial charge in [0.05, 0.1) is 43.7 Å². The number of imide groups is 2. The number of cyclic esters (lactones) is 2. The van der Waals surface area contributed by atoms with Gasteiger partial charge in [0.2, 0.25) is 11.8 Å². The largest absolute Gasteiger partial charge is 0.447 e. The van der Waals surface area contributed by atoms with Crippen molar-refractivity contribution in [2.45, 2.75) is 59.2 Å². The van der Waals surface area contributed by atoms with Crippen molar-refractivity contribution >= 4 is 24.0 Å². The molecule has 0 radical (unpaired) electrons. The van der Waals surface area contributed by atoms with Crippen molar-refractivity contribution in [3.05, 3.63) is 108 Å². The molecule has 0 unspecified atom stereocenters. The number of hydrogen-bond acceptors (Lipinski definition) is 8. The summed E-state index contributed by atoms with van der Waals surface area (Å²) in [4.78, 5) is 52.3. The number of aliphatic hydroxyl groups excluding tert-OH is 1. The van der Waals surface area contributed by atoms with Gasteiger partial charge in [-0.2, -0.15) is 0 Å².